The minimum absolute atomic E-state index is 0.110. The fourth-order valence-corrected chi connectivity index (χ4v) is 4.46. The maximum atomic E-state index is 14.8. The summed E-state index contributed by atoms with van der Waals surface area (Å²) in [6.45, 7) is 6.35. The zero-order valence-electron chi connectivity index (χ0n) is 19.3. The van der Waals surface area contributed by atoms with E-state index >= 15 is 0 Å². The third-order valence-electron chi connectivity index (χ3n) is 5.04. The molecule has 6 nitrogen and oxygen atoms in total. The molecular weight excluding hydrogens is 481 g/mol. The molecule has 9 heteroatoms. The average molecular weight is 508 g/mol. The van der Waals surface area contributed by atoms with Crippen molar-refractivity contribution in [3.8, 4) is 22.1 Å². The van der Waals surface area contributed by atoms with Gasteiger partial charge in [0.25, 0.3) is 0 Å². The Hall–Kier alpha value is -2.68. The van der Waals surface area contributed by atoms with Gasteiger partial charge in [0.15, 0.2) is 17.6 Å². The van der Waals surface area contributed by atoms with Gasteiger partial charge in [-0.05, 0) is 44.5 Å². The third-order valence-corrected chi connectivity index (χ3v) is 6.36. The lowest BCUT2D eigenvalue weighted by Gasteiger charge is -2.16. The molecule has 0 radical (unpaired) electrons. The molecule has 1 atom stereocenters. The van der Waals surface area contributed by atoms with Gasteiger partial charge in [-0.2, -0.15) is 0 Å². The monoisotopic (exact) mass is 507 g/mol. The molecule has 0 fully saturated rings. The lowest BCUT2D eigenvalue weighted by Crippen LogP contribution is -2.26. The van der Waals surface area contributed by atoms with Crippen molar-refractivity contribution in [2.45, 2.75) is 39.7 Å². The van der Waals surface area contributed by atoms with Crippen LogP contribution in [0.4, 0.5) is 4.39 Å². The van der Waals surface area contributed by atoms with Crippen LogP contribution in [0, 0.1) is 12.7 Å². The predicted molar refractivity (Wildman–Crippen MR) is 131 cm³/mol. The molecule has 0 bridgehead atoms. The Bertz CT molecular complexity index is 1120. The number of hydrogen-bond acceptors (Lipinski definition) is 6. The van der Waals surface area contributed by atoms with E-state index in [1.165, 1.54) is 12.1 Å². The van der Waals surface area contributed by atoms with Gasteiger partial charge >= 0.3 is 5.97 Å². The molecule has 0 saturated heterocycles. The second kappa shape index (κ2) is 12.1. The van der Waals surface area contributed by atoms with Gasteiger partial charge in [-0.1, -0.05) is 23.7 Å². The summed E-state index contributed by atoms with van der Waals surface area (Å²) in [5.41, 5.74) is 2.10. The van der Waals surface area contributed by atoms with E-state index < -0.39 is 17.9 Å². The molecule has 34 heavy (non-hydrogen) atoms. The van der Waals surface area contributed by atoms with Crippen molar-refractivity contribution in [2.24, 2.45) is 0 Å². The van der Waals surface area contributed by atoms with E-state index in [-0.39, 0.29) is 30.9 Å². The fraction of sp³-hybridized carbons (Fsp3) is 0.360. The summed E-state index contributed by atoms with van der Waals surface area (Å²) in [6, 6.07) is 10.2. The Kier molecular flexibility index (Phi) is 9.27. The molecule has 0 amide bonds. The first-order chi connectivity index (χ1) is 16.3. The molecule has 0 saturated carbocycles. The van der Waals surface area contributed by atoms with Crippen molar-refractivity contribution in [1.29, 1.82) is 0 Å². The highest BCUT2D eigenvalue weighted by Gasteiger charge is 2.22. The van der Waals surface area contributed by atoms with Gasteiger partial charge in [-0.3, -0.25) is 0 Å². The van der Waals surface area contributed by atoms with Crippen LogP contribution >= 0.6 is 22.9 Å². The molecule has 0 spiro atoms. The first-order valence-electron chi connectivity index (χ1n) is 11.0. The highest BCUT2D eigenvalue weighted by atomic mass is 35.5. The second-order valence-electron chi connectivity index (χ2n) is 7.44. The Morgan fingerprint density at radius 2 is 1.85 bits per heavy atom. The first kappa shape index (κ1) is 25.9. The minimum atomic E-state index is -1.14. The van der Waals surface area contributed by atoms with Crippen molar-refractivity contribution in [3.05, 3.63) is 63.4 Å². The molecular formula is C25H27ClFNO5S. The number of nitrogens with zero attached hydrogens (tertiary/aromatic N) is 1. The summed E-state index contributed by atoms with van der Waals surface area (Å²) in [6.07, 6.45) is -0.708. The summed E-state index contributed by atoms with van der Waals surface area (Å²) in [7, 11) is 0. The van der Waals surface area contributed by atoms with E-state index in [1.54, 1.807) is 18.3 Å². The predicted octanol–water partition coefficient (Wildman–Crippen LogP) is 5.96. The molecule has 0 aliphatic rings. The first-order valence-corrected chi connectivity index (χ1v) is 12.2. The number of benzene rings is 2. The number of thiazole rings is 1. The summed E-state index contributed by atoms with van der Waals surface area (Å²) >= 11 is 7.56. The molecule has 0 aliphatic carbocycles. The molecule has 2 aromatic carbocycles. The van der Waals surface area contributed by atoms with Crippen LogP contribution in [-0.4, -0.2) is 42.0 Å². The lowest BCUT2D eigenvalue weighted by atomic mass is 10.1. The number of aromatic nitrogens is 1. The number of hydrogen-bond donors (Lipinski definition) is 1. The number of carbonyl (C=O) groups is 1. The van der Waals surface area contributed by atoms with Crippen molar-refractivity contribution < 1.29 is 28.5 Å². The van der Waals surface area contributed by atoms with E-state index in [0.717, 1.165) is 21.1 Å². The molecule has 1 aromatic heterocycles. The van der Waals surface area contributed by atoms with Crippen LogP contribution in [0.1, 0.15) is 30.0 Å². The highest BCUT2D eigenvalue weighted by Crippen LogP contribution is 2.32. The molecule has 182 valence electrons. The fourth-order valence-electron chi connectivity index (χ4n) is 3.37. The topological polar surface area (TPSA) is 77.9 Å². The van der Waals surface area contributed by atoms with Crippen molar-refractivity contribution >= 4 is 28.9 Å². The van der Waals surface area contributed by atoms with Crippen LogP contribution in [-0.2, 0) is 22.4 Å². The number of aryl methyl sites for hydroxylation is 1. The summed E-state index contributed by atoms with van der Waals surface area (Å²) < 4.78 is 31.4. The van der Waals surface area contributed by atoms with Crippen LogP contribution in [0.25, 0.3) is 10.6 Å². The van der Waals surface area contributed by atoms with Gasteiger partial charge in [0.1, 0.15) is 10.8 Å². The quantitative estimate of drug-likeness (QED) is 0.326. The smallest absolute Gasteiger partial charge is 0.333 e. The Morgan fingerprint density at radius 1 is 1.15 bits per heavy atom. The number of carboxylic acids is 1. The van der Waals surface area contributed by atoms with Crippen LogP contribution in [0.5, 0.6) is 11.5 Å². The van der Waals surface area contributed by atoms with Crippen LogP contribution in [0.2, 0.25) is 5.02 Å². The van der Waals surface area contributed by atoms with E-state index in [0.29, 0.717) is 23.8 Å². The van der Waals surface area contributed by atoms with Crippen molar-refractivity contribution in [1.82, 2.24) is 4.98 Å². The number of halogens is 2. The zero-order valence-corrected chi connectivity index (χ0v) is 20.8. The summed E-state index contributed by atoms with van der Waals surface area (Å²) in [4.78, 5) is 17.2. The average Bonchev–Trinajstić information content (AvgIpc) is 3.17. The van der Waals surface area contributed by atoms with E-state index in [9.17, 15) is 14.3 Å². The SMILES string of the molecule is CCOc1cc(CC(OCC)C(=O)O)c(F)cc1OCCc1nc(-c2ccc(Cl)cc2)sc1C. The maximum Gasteiger partial charge on any atom is 0.333 e. The largest absolute Gasteiger partial charge is 0.490 e. The van der Waals surface area contributed by atoms with Crippen LogP contribution in [0.3, 0.4) is 0 Å². The standard InChI is InChI=1S/C25H27ClFNO5S/c1-4-31-21-12-17(13-23(25(29)30)32-5-2)19(27)14-22(21)33-11-10-20-15(3)34-24(28-20)16-6-8-18(26)9-7-16/h6-9,12,14,23H,4-5,10-11,13H2,1-3H3,(H,29,30). The third kappa shape index (κ3) is 6.68. The molecule has 0 aliphatic heterocycles. The van der Waals surface area contributed by atoms with Crippen LogP contribution < -0.4 is 9.47 Å². The summed E-state index contributed by atoms with van der Waals surface area (Å²) in [5.74, 6) is -1.09. The van der Waals surface area contributed by atoms with Gasteiger partial charge in [0.2, 0.25) is 0 Å². The Morgan fingerprint density at radius 3 is 2.50 bits per heavy atom. The highest BCUT2D eigenvalue weighted by molar-refractivity contribution is 7.15. The number of aliphatic carboxylic acids is 1. The summed E-state index contributed by atoms with van der Waals surface area (Å²) in [5, 5.41) is 10.9. The molecule has 1 N–H and O–H groups in total. The number of ether oxygens (including phenoxy) is 3. The molecule has 3 aromatic rings. The lowest BCUT2D eigenvalue weighted by molar-refractivity contribution is -0.150. The normalized spacial score (nSPS) is 11.9. The molecule has 1 unspecified atom stereocenters. The number of rotatable bonds is 12. The maximum absolute atomic E-state index is 14.8. The van der Waals surface area contributed by atoms with Gasteiger partial charge in [0, 0.05) is 41.0 Å². The van der Waals surface area contributed by atoms with Crippen LogP contribution in [0.15, 0.2) is 36.4 Å². The van der Waals surface area contributed by atoms with Gasteiger partial charge in [0.05, 0.1) is 18.9 Å². The minimum Gasteiger partial charge on any atom is -0.490 e. The Balaban J connectivity index is 1.71. The van der Waals surface area contributed by atoms with E-state index in [2.05, 4.69) is 0 Å². The molecule has 1 heterocycles. The van der Waals surface area contributed by atoms with E-state index in [4.69, 9.17) is 30.8 Å². The van der Waals surface area contributed by atoms with Gasteiger partial charge < -0.3 is 19.3 Å². The molecule has 3 rings (SSSR count). The van der Waals surface area contributed by atoms with E-state index in [1.807, 2.05) is 38.1 Å². The Labute approximate surface area is 207 Å². The zero-order chi connectivity index (χ0) is 24.7. The second-order valence-corrected chi connectivity index (χ2v) is 9.08. The van der Waals surface area contributed by atoms with Gasteiger partial charge in [-0.25, -0.2) is 14.2 Å². The van der Waals surface area contributed by atoms with Gasteiger partial charge in [-0.15, -0.1) is 11.3 Å². The van der Waals surface area contributed by atoms with Crippen molar-refractivity contribution in [3.63, 3.8) is 0 Å². The number of carboxylic acid groups (broad SMARTS) is 1. The van der Waals surface area contributed by atoms with Crippen molar-refractivity contribution in [2.75, 3.05) is 19.8 Å².